The summed E-state index contributed by atoms with van der Waals surface area (Å²) in [5.74, 6) is 0. The van der Waals surface area contributed by atoms with Crippen LogP contribution < -0.4 is 5.32 Å². The monoisotopic (exact) mass is 252 g/mol. The number of nitrogens with one attached hydrogen (secondary N) is 1. The van der Waals surface area contributed by atoms with Crippen LogP contribution in [0.15, 0.2) is 6.07 Å². The predicted molar refractivity (Wildman–Crippen MR) is 76.8 cm³/mol. The Labute approximate surface area is 111 Å². The Hall–Kier alpha value is -0.800. The Morgan fingerprint density at radius 1 is 1.22 bits per heavy atom. The van der Waals surface area contributed by atoms with E-state index in [1.54, 1.807) is 0 Å². The quantitative estimate of drug-likeness (QED) is 0.783. The topological polar surface area (TPSA) is 37.2 Å². The molecule has 0 aliphatic rings. The fourth-order valence-electron chi connectivity index (χ4n) is 2.60. The van der Waals surface area contributed by atoms with Gasteiger partial charge in [-0.05, 0) is 45.2 Å². The molecule has 0 saturated carbocycles. The molecule has 104 valence electrons. The average molecular weight is 252 g/mol. The first-order chi connectivity index (χ1) is 8.53. The van der Waals surface area contributed by atoms with Crippen LogP contribution in [0.4, 0.5) is 0 Å². The second kappa shape index (κ2) is 6.39. The maximum Gasteiger partial charge on any atom is 0.0613 e. The number of aliphatic hydroxyl groups excluding tert-OH is 1. The first-order valence-corrected chi connectivity index (χ1v) is 7.05. The van der Waals surface area contributed by atoms with Gasteiger partial charge in [-0.2, -0.15) is 0 Å². The molecule has 0 aliphatic heterocycles. The fraction of sp³-hybridized carbons (Fsp3) is 0.733. The summed E-state index contributed by atoms with van der Waals surface area (Å²) in [4.78, 5) is 0. The van der Waals surface area contributed by atoms with Crippen LogP contribution in [0.2, 0.25) is 0 Å². The maximum absolute atomic E-state index is 9.56. The zero-order chi connectivity index (χ0) is 13.8. The summed E-state index contributed by atoms with van der Waals surface area (Å²) in [6.45, 7) is 12.8. The van der Waals surface area contributed by atoms with E-state index in [1.807, 2.05) is 0 Å². The van der Waals surface area contributed by atoms with Crippen molar-refractivity contribution in [3.05, 3.63) is 23.0 Å². The Kier molecular flexibility index (Phi) is 5.42. The lowest BCUT2D eigenvalue weighted by Gasteiger charge is -2.31. The minimum atomic E-state index is -0.130. The molecule has 0 fully saturated rings. The predicted octanol–water partition coefficient (Wildman–Crippen LogP) is 2.77. The molecule has 1 aromatic heterocycles. The van der Waals surface area contributed by atoms with Crippen LogP contribution in [-0.4, -0.2) is 21.8 Å². The van der Waals surface area contributed by atoms with Crippen molar-refractivity contribution >= 4 is 0 Å². The molecular formula is C15H28N2O. The van der Waals surface area contributed by atoms with Crippen molar-refractivity contribution in [2.45, 2.75) is 66.1 Å². The number of aromatic nitrogens is 1. The molecule has 3 nitrogen and oxygen atoms in total. The van der Waals surface area contributed by atoms with E-state index < -0.39 is 0 Å². The third-order valence-electron chi connectivity index (χ3n) is 4.30. The third kappa shape index (κ3) is 2.96. The third-order valence-corrected chi connectivity index (χ3v) is 4.30. The van der Waals surface area contributed by atoms with E-state index in [0.717, 1.165) is 25.9 Å². The molecule has 1 aromatic rings. The van der Waals surface area contributed by atoms with Crippen LogP contribution >= 0.6 is 0 Å². The Morgan fingerprint density at radius 3 is 2.22 bits per heavy atom. The zero-order valence-electron chi connectivity index (χ0n) is 12.5. The standard InChI is InChI=1S/C15H28N2O/c1-6-15(7-2,11-18)16-10-14-9-12(4)17(8-3)13(14)5/h9,16,18H,6-8,10-11H2,1-5H3. The molecule has 0 radical (unpaired) electrons. The summed E-state index contributed by atoms with van der Waals surface area (Å²) in [7, 11) is 0. The summed E-state index contributed by atoms with van der Waals surface area (Å²) in [5.41, 5.74) is 3.86. The van der Waals surface area contributed by atoms with E-state index in [2.05, 4.69) is 50.6 Å². The summed E-state index contributed by atoms with van der Waals surface area (Å²) in [5, 5.41) is 13.1. The Morgan fingerprint density at radius 2 is 1.83 bits per heavy atom. The largest absolute Gasteiger partial charge is 0.394 e. The number of aryl methyl sites for hydroxylation is 1. The number of hydrogen-bond donors (Lipinski definition) is 2. The minimum Gasteiger partial charge on any atom is -0.394 e. The molecule has 1 rings (SSSR count). The number of aliphatic hydroxyl groups is 1. The summed E-state index contributed by atoms with van der Waals surface area (Å²) >= 11 is 0. The van der Waals surface area contributed by atoms with Crippen LogP contribution in [0.1, 0.15) is 50.6 Å². The van der Waals surface area contributed by atoms with Gasteiger partial charge in [0.2, 0.25) is 0 Å². The van der Waals surface area contributed by atoms with Gasteiger partial charge in [0.05, 0.1) is 6.61 Å². The van der Waals surface area contributed by atoms with E-state index in [-0.39, 0.29) is 12.1 Å². The summed E-state index contributed by atoms with van der Waals surface area (Å²) in [6, 6.07) is 2.25. The number of nitrogens with zero attached hydrogens (tertiary/aromatic N) is 1. The highest BCUT2D eigenvalue weighted by molar-refractivity contribution is 5.26. The van der Waals surface area contributed by atoms with E-state index in [9.17, 15) is 5.11 Å². The van der Waals surface area contributed by atoms with Crippen molar-refractivity contribution in [2.24, 2.45) is 0 Å². The molecule has 0 spiro atoms. The van der Waals surface area contributed by atoms with Crippen molar-refractivity contribution in [3.8, 4) is 0 Å². The Bertz CT molecular complexity index is 370. The highest BCUT2D eigenvalue weighted by Gasteiger charge is 2.24. The lowest BCUT2D eigenvalue weighted by atomic mass is 9.93. The summed E-state index contributed by atoms with van der Waals surface area (Å²) < 4.78 is 2.33. The first-order valence-electron chi connectivity index (χ1n) is 7.05. The van der Waals surface area contributed by atoms with E-state index >= 15 is 0 Å². The smallest absolute Gasteiger partial charge is 0.0613 e. The molecule has 18 heavy (non-hydrogen) atoms. The van der Waals surface area contributed by atoms with Crippen LogP contribution in [0.25, 0.3) is 0 Å². The van der Waals surface area contributed by atoms with Crippen LogP contribution in [0.3, 0.4) is 0 Å². The highest BCUT2D eigenvalue weighted by Crippen LogP contribution is 2.19. The number of hydrogen-bond acceptors (Lipinski definition) is 2. The maximum atomic E-state index is 9.56. The van der Waals surface area contributed by atoms with Gasteiger partial charge in [0.25, 0.3) is 0 Å². The van der Waals surface area contributed by atoms with Crippen molar-refractivity contribution < 1.29 is 5.11 Å². The van der Waals surface area contributed by atoms with Gasteiger partial charge in [-0.3, -0.25) is 0 Å². The van der Waals surface area contributed by atoms with Gasteiger partial charge in [-0.1, -0.05) is 13.8 Å². The van der Waals surface area contributed by atoms with E-state index in [4.69, 9.17) is 0 Å². The van der Waals surface area contributed by atoms with Gasteiger partial charge >= 0.3 is 0 Å². The second-order valence-corrected chi connectivity index (χ2v) is 5.14. The van der Waals surface area contributed by atoms with Crippen molar-refractivity contribution in [1.29, 1.82) is 0 Å². The normalized spacial score (nSPS) is 12.1. The van der Waals surface area contributed by atoms with E-state index in [0.29, 0.717) is 0 Å². The second-order valence-electron chi connectivity index (χ2n) is 5.14. The molecule has 2 N–H and O–H groups in total. The number of rotatable bonds is 7. The van der Waals surface area contributed by atoms with Gasteiger partial charge in [-0.25, -0.2) is 0 Å². The molecule has 0 bridgehead atoms. The SMILES string of the molecule is CCn1c(C)cc(CNC(CC)(CC)CO)c1C. The van der Waals surface area contributed by atoms with Crippen molar-refractivity contribution in [2.75, 3.05) is 6.61 Å². The molecule has 0 saturated heterocycles. The molecule has 1 heterocycles. The van der Waals surface area contributed by atoms with Gasteiger partial charge in [-0.15, -0.1) is 0 Å². The molecule has 3 heteroatoms. The zero-order valence-corrected chi connectivity index (χ0v) is 12.5. The summed E-state index contributed by atoms with van der Waals surface area (Å²) in [6.07, 6.45) is 1.90. The van der Waals surface area contributed by atoms with Gasteiger partial charge < -0.3 is 15.0 Å². The molecule has 0 amide bonds. The molecule has 0 aromatic carbocycles. The van der Waals surface area contributed by atoms with Gasteiger partial charge in [0, 0.05) is 30.0 Å². The van der Waals surface area contributed by atoms with Gasteiger partial charge in [0.15, 0.2) is 0 Å². The fourth-order valence-corrected chi connectivity index (χ4v) is 2.60. The first kappa shape index (κ1) is 15.3. The van der Waals surface area contributed by atoms with Crippen LogP contribution in [0.5, 0.6) is 0 Å². The molecule has 0 atom stereocenters. The van der Waals surface area contributed by atoms with Crippen LogP contribution in [-0.2, 0) is 13.1 Å². The molecular weight excluding hydrogens is 224 g/mol. The Balaban J connectivity index is 2.80. The van der Waals surface area contributed by atoms with Crippen molar-refractivity contribution in [1.82, 2.24) is 9.88 Å². The average Bonchev–Trinajstić information content (AvgIpc) is 2.66. The molecule has 0 aliphatic carbocycles. The van der Waals surface area contributed by atoms with Crippen molar-refractivity contribution in [3.63, 3.8) is 0 Å². The highest BCUT2D eigenvalue weighted by atomic mass is 16.3. The van der Waals surface area contributed by atoms with Gasteiger partial charge in [0.1, 0.15) is 0 Å². The van der Waals surface area contributed by atoms with E-state index in [1.165, 1.54) is 17.0 Å². The minimum absolute atomic E-state index is 0.130. The lowest BCUT2D eigenvalue weighted by Crippen LogP contribution is -2.47. The molecule has 0 unspecified atom stereocenters. The lowest BCUT2D eigenvalue weighted by molar-refractivity contribution is 0.149. The van der Waals surface area contributed by atoms with Crippen LogP contribution in [0, 0.1) is 13.8 Å².